The van der Waals surface area contributed by atoms with Gasteiger partial charge in [-0.15, -0.1) is 12.6 Å². The van der Waals surface area contributed by atoms with E-state index in [-0.39, 0.29) is 11.9 Å². The van der Waals surface area contributed by atoms with Crippen LogP contribution in [0, 0.1) is 5.82 Å². The number of hydrogen-bond acceptors (Lipinski definition) is 3. The summed E-state index contributed by atoms with van der Waals surface area (Å²) in [5, 5.41) is 0. The van der Waals surface area contributed by atoms with E-state index in [0.717, 1.165) is 34.6 Å². The molecule has 0 spiro atoms. The predicted octanol–water partition coefficient (Wildman–Crippen LogP) is 3.76. The minimum absolute atomic E-state index is 0.130. The summed E-state index contributed by atoms with van der Waals surface area (Å²) in [4.78, 5) is 0.954. The Morgan fingerprint density at radius 2 is 1.90 bits per heavy atom. The number of methoxy groups -OCH3 is 1. The van der Waals surface area contributed by atoms with Crippen molar-refractivity contribution in [3.05, 3.63) is 59.4 Å². The maximum Gasteiger partial charge on any atom is 0.123 e. The van der Waals surface area contributed by atoms with Crippen molar-refractivity contribution in [1.82, 2.24) is 0 Å². The predicted molar refractivity (Wildman–Crippen MR) is 81.9 cm³/mol. The number of hydrogen-bond donors (Lipinski definition) is 2. The van der Waals surface area contributed by atoms with Gasteiger partial charge in [-0.2, -0.15) is 0 Å². The van der Waals surface area contributed by atoms with Crippen molar-refractivity contribution >= 4 is 12.6 Å². The van der Waals surface area contributed by atoms with Gasteiger partial charge in [0.2, 0.25) is 0 Å². The number of benzene rings is 2. The SMILES string of the molecule is COc1ccc(S)cc1.NC1CCc2cc(F)ccc21. The molecular formula is C16H18FNOS. The van der Waals surface area contributed by atoms with E-state index in [1.165, 1.54) is 6.07 Å². The van der Waals surface area contributed by atoms with Crippen LogP contribution in [0.3, 0.4) is 0 Å². The largest absolute Gasteiger partial charge is 0.497 e. The van der Waals surface area contributed by atoms with Crippen molar-refractivity contribution in [1.29, 1.82) is 0 Å². The lowest BCUT2D eigenvalue weighted by molar-refractivity contribution is 0.414. The smallest absolute Gasteiger partial charge is 0.123 e. The lowest BCUT2D eigenvalue weighted by Crippen LogP contribution is -2.04. The van der Waals surface area contributed by atoms with Crippen LogP contribution < -0.4 is 10.5 Å². The third-order valence-corrected chi connectivity index (χ3v) is 3.60. The van der Waals surface area contributed by atoms with Crippen molar-refractivity contribution < 1.29 is 9.13 Å². The van der Waals surface area contributed by atoms with Gasteiger partial charge in [0.25, 0.3) is 0 Å². The van der Waals surface area contributed by atoms with Gasteiger partial charge in [0.1, 0.15) is 11.6 Å². The molecule has 2 aromatic rings. The number of aryl methyl sites for hydroxylation is 1. The first-order valence-electron chi connectivity index (χ1n) is 6.47. The van der Waals surface area contributed by atoms with Crippen LogP contribution in [0.15, 0.2) is 47.4 Å². The third-order valence-electron chi connectivity index (χ3n) is 3.30. The van der Waals surface area contributed by atoms with E-state index in [1.54, 1.807) is 19.2 Å². The minimum Gasteiger partial charge on any atom is -0.497 e. The molecule has 1 aliphatic carbocycles. The molecule has 2 aromatic carbocycles. The zero-order chi connectivity index (χ0) is 14.5. The van der Waals surface area contributed by atoms with Crippen LogP contribution in [0.25, 0.3) is 0 Å². The van der Waals surface area contributed by atoms with E-state index in [0.29, 0.717) is 0 Å². The van der Waals surface area contributed by atoms with E-state index in [2.05, 4.69) is 12.6 Å². The molecule has 1 aliphatic rings. The summed E-state index contributed by atoms with van der Waals surface area (Å²) >= 11 is 4.11. The molecule has 0 amide bonds. The lowest BCUT2D eigenvalue weighted by atomic mass is 10.1. The maximum atomic E-state index is 12.6. The molecule has 1 unspecified atom stereocenters. The Morgan fingerprint density at radius 3 is 2.55 bits per heavy atom. The summed E-state index contributed by atoms with van der Waals surface area (Å²) in [7, 11) is 1.65. The summed E-state index contributed by atoms with van der Waals surface area (Å²) in [5.74, 6) is 0.714. The molecule has 0 aromatic heterocycles. The van der Waals surface area contributed by atoms with Crippen LogP contribution in [0.5, 0.6) is 5.75 Å². The molecule has 0 aliphatic heterocycles. The van der Waals surface area contributed by atoms with Gasteiger partial charge in [0, 0.05) is 10.9 Å². The standard InChI is InChI=1S/C9H10FN.C7H8OS/c10-7-2-3-8-6(5-7)1-4-9(8)11;1-8-6-2-4-7(9)5-3-6/h2-3,5,9H,1,4,11H2;2-5,9H,1H3. The van der Waals surface area contributed by atoms with Crippen LogP contribution >= 0.6 is 12.6 Å². The summed E-state index contributed by atoms with van der Waals surface area (Å²) in [6.07, 6.45) is 1.88. The van der Waals surface area contributed by atoms with Gasteiger partial charge in [-0.25, -0.2) is 4.39 Å². The van der Waals surface area contributed by atoms with Gasteiger partial charge in [0.15, 0.2) is 0 Å². The molecule has 1 atom stereocenters. The Labute approximate surface area is 124 Å². The first-order chi connectivity index (χ1) is 9.60. The molecule has 0 saturated heterocycles. The Kier molecular flexibility index (Phi) is 5.04. The van der Waals surface area contributed by atoms with Crippen molar-refractivity contribution in [3.8, 4) is 5.75 Å². The normalized spacial score (nSPS) is 16.1. The third kappa shape index (κ3) is 3.74. The first-order valence-corrected chi connectivity index (χ1v) is 6.92. The summed E-state index contributed by atoms with van der Waals surface area (Å²) in [5.41, 5.74) is 7.97. The molecule has 3 rings (SSSR count). The molecule has 0 saturated carbocycles. The van der Waals surface area contributed by atoms with Crippen LogP contribution in [0.1, 0.15) is 23.6 Å². The Bertz CT molecular complexity index is 571. The number of halogens is 1. The maximum absolute atomic E-state index is 12.6. The van der Waals surface area contributed by atoms with E-state index in [9.17, 15) is 4.39 Å². The highest BCUT2D eigenvalue weighted by atomic mass is 32.1. The topological polar surface area (TPSA) is 35.2 Å². The average molecular weight is 291 g/mol. The van der Waals surface area contributed by atoms with Gasteiger partial charge in [-0.1, -0.05) is 6.07 Å². The number of nitrogens with two attached hydrogens (primary N) is 1. The number of thiol groups is 1. The fraction of sp³-hybridized carbons (Fsp3) is 0.250. The number of rotatable bonds is 1. The monoisotopic (exact) mass is 291 g/mol. The first kappa shape index (κ1) is 14.9. The van der Waals surface area contributed by atoms with E-state index in [4.69, 9.17) is 10.5 Å². The van der Waals surface area contributed by atoms with Crippen molar-refractivity contribution in [2.45, 2.75) is 23.8 Å². The summed E-state index contributed by atoms with van der Waals surface area (Å²) in [6.45, 7) is 0. The fourth-order valence-corrected chi connectivity index (χ4v) is 2.35. The summed E-state index contributed by atoms with van der Waals surface area (Å²) < 4.78 is 17.6. The van der Waals surface area contributed by atoms with E-state index in [1.807, 2.05) is 24.3 Å². The van der Waals surface area contributed by atoms with E-state index >= 15 is 0 Å². The Morgan fingerprint density at radius 1 is 1.20 bits per heavy atom. The molecule has 0 heterocycles. The van der Waals surface area contributed by atoms with Crippen LogP contribution in [-0.4, -0.2) is 7.11 Å². The highest BCUT2D eigenvalue weighted by Gasteiger charge is 2.18. The minimum atomic E-state index is -0.155. The van der Waals surface area contributed by atoms with Crippen LogP contribution in [-0.2, 0) is 6.42 Å². The van der Waals surface area contributed by atoms with Gasteiger partial charge < -0.3 is 10.5 Å². The van der Waals surface area contributed by atoms with Crippen molar-refractivity contribution in [2.75, 3.05) is 7.11 Å². The number of ether oxygens (including phenoxy) is 1. The van der Waals surface area contributed by atoms with Gasteiger partial charge >= 0.3 is 0 Å². The molecular weight excluding hydrogens is 273 g/mol. The average Bonchev–Trinajstić information content (AvgIpc) is 2.81. The highest BCUT2D eigenvalue weighted by molar-refractivity contribution is 7.80. The van der Waals surface area contributed by atoms with Crippen molar-refractivity contribution in [2.24, 2.45) is 5.73 Å². The van der Waals surface area contributed by atoms with Gasteiger partial charge in [-0.3, -0.25) is 0 Å². The van der Waals surface area contributed by atoms with Gasteiger partial charge in [-0.05, 0) is 60.4 Å². The molecule has 0 fully saturated rings. The van der Waals surface area contributed by atoms with Gasteiger partial charge in [0.05, 0.1) is 7.11 Å². The fourth-order valence-electron chi connectivity index (χ4n) is 2.20. The quantitative estimate of drug-likeness (QED) is 0.785. The second kappa shape index (κ2) is 6.77. The molecule has 20 heavy (non-hydrogen) atoms. The Hall–Kier alpha value is -1.52. The molecule has 2 N–H and O–H groups in total. The molecule has 0 radical (unpaired) electrons. The molecule has 106 valence electrons. The second-order valence-electron chi connectivity index (χ2n) is 4.69. The van der Waals surface area contributed by atoms with Crippen molar-refractivity contribution in [3.63, 3.8) is 0 Å². The second-order valence-corrected chi connectivity index (χ2v) is 5.20. The molecule has 4 heteroatoms. The zero-order valence-corrected chi connectivity index (χ0v) is 12.2. The number of fused-ring (bicyclic) bond motifs is 1. The summed E-state index contributed by atoms with van der Waals surface area (Å²) in [6, 6.07) is 12.5. The zero-order valence-electron chi connectivity index (χ0n) is 11.3. The molecule has 0 bridgehead atoms. The highest BCUT2D eigenvalue weighted by Crippen LogP contribution is 2.29. The van der Waals surface area contributed by atoms with Crippen LogP contribution in [0.2, 0.25) is 0 Å². The lowest BCUT2D eigenvalue weighted by Gasteiger charge is -2.02. The van der Waals surface area contributed by atoms with Crippen LogP contribution in [0.4, 0.5) is 4.39 Å². The Balaban J connectivity index is 0.000000151. The van der Waals surface area contributed by atoms with E-state index < -0.39 is 0 Å². The molecule has 2 nitrogen and oxygen atoms in total.